The normalized spacial score (nSPS) is 16.0. The molecule has 3 aromatic rings. The average Bonchev–Trinajstić information content (AvgIpc) is 3.40. The van der Waals surface area contributed by atoms with Crippen LogP contribution in [0.4, 0.5) is 0 Å². The third kappa shape index (κ3) is 4.02. The second-order valence-corrected chi connectivity index (χ2v) is 7.13. The maximum Gasteiger partial charge on any atom is 0.273 e. The van der Waals surface area contributed by atoms with Crippen molar-refractivity contribution in [2.24, 2.45) is 0 Å². The van der Waals surface area contributed by atoms with Gasteiger partial charge in [-0.3, -0.25) is 9.69 Å². The lowest BCUT2D eigenvalue weighted by Crippen LogP contribution is -2.40. The Labute approximate surface area is 164 Å². The van der Waals surface area contributed by atoms with Crippen molar-refractivity contribution in [3.05, 3.63) is 65.9 Å². The zero-order chi connectivity index (χ0) is 19.3. The van der Waals surface area contributed by atoms with Crippen LogP contribution in [0.3, 0.4) is 0 Å². The van der Waals surface area contributed by atoms with Gasteiger partial charge in [-0.25, -0.2) is 4.98 Å². The predicted molar refractivity (Wildman–Crippen MR) is 106 cm³/mol. The number of benzene rings is 1. The van der Waals surface area contributed by atoms with E-state index >= 15 is 0 Å². The molecule has 1 atom stereocenters. The summed E-state index contributed by atoms with van der Waals surface area (Å²) in [6, 6.07) is 13.5. The highest BCUT2D eigenvalue weighted by atomic mass is 16.4. The lowest BCUT2D eigenvalue weighted by atomic mass is 10.1. The lowest BCUT2D eigenvalue weighted by Gasteiger charge is -2.33. The van der Waals surface area contributed by atoms with Gasteiger partial charge in [0.15, 0.2) is 5.69 Å². The lowest BCUT2D eigenvalue weighted by molar-refractivity contribution is 0.0908. The van der Waals surface area contributed by atoms with E-state index in [4.69, 9.17) is 8.83 Å². The van der Waals surface area contributed by atoms with Gasteiger partial charge in [-0.1, -0.05) is 24.6 Å². The second kappa shape index (κ2) is 8.44. The van der Waals surface area contributed by atoms with E-state index in [1.807, 2.05) is 42.5 Å². The van der Waals surface area contributed by atoms with Crippen molar-refractivity contribution in [1.82, 2.24) is 15.2 Å². The zero-order valence-corrected chi connectivity index (χ0v) is 16.1. The van der Waals surface area contributed by atoms with E-state index in [1.165, 1.54) is 19.3 Å². The first-order valence-electron chi connectivity index (χ1n) is 9.81. The summed E-state index contributed by atoms with van der Waals surface area (Å²) >= 11 is 0. The molecule has 6 heteroatoms. The summed E-state index contributed by atoms with van der Waals surface area (Å²) in [7, 11) is 0. The Morgan fingerprint density at radius 2 is 1.93 bits per heavy atom. The molecule has 1 aliphatic heterocycles. The fourth-order valence-electron chi connectivity index (χ4n) is 3.70. The van der Waals surface area contributed by atoms with Gasteiger partial charge in [-0.15, -0.1) is 0 Å². The Bertz CT molecular complexity index is 897. The summed E-state index contributed by atoms with van der Waals surface area (Å²) in [6.07, 6.45) is 5.29. The van der Waals surface area contributed by atoms with Crippen molar-refractivity contribution in [2.45, 2.75) is 32.2 Å². The van der Waals surface area contributed by atoms with Crippen molar-refractivity contribution >= 4 is 5.91 Å². The van der Waals surface area contributed by atoms with Crippen LogP contribution < -0.4 is 5.32 Å². The van der Waals surface area contributed by atoms with E-state index in [1.54, 1.807) is 13.2 Å². The molecule has 0 saturated carbocycles. The number of aryl methyl sites for hydroxylation is 1. The van der Waals surface area contributed by atoms with Crippen molar-refractivity contribution < 1.29 is 13.6 Å². The van der Waals surface area contributed by atoms with Crippen molar-refractivity contribution in [3.63, 3.8) is 0 Å². The Balaban J connectivity index is 1.47. The van der Waals surface area contributed by atoms with E-state index < -0.39 is 0 Å². The molecule has 1 saturated heterocycles. The molecule has 0 aliphatic carbocycles. The first-order valence-corrected chi connectivity index (χ1v) is 9.81. The first kappa shape index (κ1) is 18.5. The van der Waals surface area contributed by atoms with Crippen LogP contribution >= 0.6 is 0 Å². The van der Waals surface area contributed by atoms with E-state index in [9.17, 15) is 4.79 Å². The number of nitrogens with zero attached hydrogens (tertiary/aromatic N) is 2. The second-order valence-electron chi connectivity index (χ2n) is 7.13. The highest BCUT2D eigenvalue weighted by Crippen LogP contribution is 2.25. The maximum atomic E-state index is 12.8. The standard InChI is InChI=1S/C22H25N3O3/c1-16-20(24-22(28-16)17-9-4-2-5-10-17)21(26)23-15-18(19-11-8-14-27-19)25-12-6-3-7-13-25/h2,4-5,8-11,14,18H,3,6-7,12-13,15H2,1H3,(H,23,26). The summed E-state index contributed by atoms with van der Waals surface area (Å²) in [4.78, 5) is 19.6. The minimum absolute atomic E-state index is 0.0278. The Morgan fingerprint density at radius 3 is 2.64 bits per heavy atom. The van der Waals surface area contributed by atoms with Gasteiger partial charge in [0.1, 0.15) is 11.5 Å². The number of nitrogens with one attached hydrogen (secondary N) is 1. The molecule has 2 aromatic heterocycles. The third-order valence-corrected chi connectivity index (χ3v) is 5.19. The van der Waals surface area contributed by atoms with Gasteiger partial charge < -0.3 is 14.2 Å². The molecule has 1 N–H and O–H groups in total. The number of piperidine rings is 1. The molecular weight excluding hydrogens is 354 g/mol. The highest BCUT2D eigenvalue weighted by molar-refractivity contribution is 5.93. The first-order chi connectivity index (χ1) is 13.7. The number of aromatic nitrogens is 1. The van der Waals surface area contributed by atoms with Gasteiger partial charge in [-0.05, 0) is 57.1 Å². The van der Waals surface area contributed by atoms with Crippen LogP contribution in [0.2, 0.25) is 0 Å². The number of hydrogen-bond acceptors (Lipinski definition) is 5. The molecule has 28 heavy (non-hydrogen) atoms. The number of hydrogen-bond donors (Lipinski definition) is 1. The Kier molecular flexibility index (Phi) is 5.58. The van der Waals surface area contributed by atoms with Crippen molar-refractivity contribution in [1.29, 1.82) is 0 Å². The number of furan rings is 1. The number of oxazole rings is 1. The van der Waals surface area contributed by atoms with Gasteiger partial charge >= 0.3 is 0 Å². The SMILES string of the molecule is Cc1oc(-c2ccccc2)nc1C(=O)NCC(c1ccco1)N1CCCCC1. The van der Waals surface area contributed by atoms with Crippen molar-refractivity contribution in [3.8, 4) is 11.5 Å². The molecule has 6 nitrogen and oxygen atoms in total. The fourth-order valence-corrected chi connectivity index (χ4v) is 3.70. The molecule has 1 aliphatic rings. The smallest absolute Gasteiger partial charge is 0.273 e. The molecule has 1 unspecified atom stereocenters. The van der Waals surface area contributed by atoms with E-state index in [0.29, 0.717) is 23.9 Å². The van der Waals surface area contributed by atoms with Crippen LogP contribution in [0.25, 0.3) is 11.5 Å². The topological polar surface area (TPSA) is 71.5 Å². The molecule has 0 bridgehead atoms. The highest BCUT2D eigenvalue weighted by Gasteiger charge is 2.26. The van der Waals surface area contributed by atoms with Crippen LogP contribution in [-0.4, -0.2) is 35.4 Å². The number of likely N-dealkylation sites (tertiary alicyclic amines) is 1. The van der Waals surface area contributed by atoms with Gasteiger partial charge in [0.2, 0.25) is 5.89 Å². The molecule has 1 aromatic carbocycles. The summed E-state index contributed by atoms with van der Waals surface area (Å²) < 4.78 is 11.4. The van der Waals surface area contributed by atoms with E-state index in [-0.39, 0.29) is 11.9 Å². The van der Waals surface area contributed by atoms with E-state index in [2.05, 4.69) is 15.2 Å². The molecule has 3 heterocycles. The Hall–Kier alpha value is -2.86. The minimum atomic E-state index is -0.225. The molecule has 146 valence electrons. The number of rotatable bonds is 6. The maximum absolute atomic E-state index is 12.8. The molecule has 0 radical (unpaired) electrons. The van der Waals surface area contributed by atoms with Gasteiger partial charge in [0.05, 0.1) is 12.3 Å². The molecule has 4 rings (SSSR count). The van der Waals surface area contributed by atoms with Gasteiger partial charge in [0, 0.05) is 12.1 Å². The minimum Gasteiger partial charge on any atom is -0.468 e. The summed E-state index contributed by atoms with van der Waals surface area (Å²) in [5.41, 5.74) is 1.18. The largest absolute Gasteiger partial charge is 0.468 e. The fraction of sp³-hybridized carbons (Fsp3) is 0.364. The monoisotopic (exact) mass is 379 g/mol. The van der Waals surface area contributed by atoms with Crippen LogP contribution in [0.1, 0.15) is 47.3 Å². The predicted octanol–water partition coefficient (Wildman–Crippen LogP) is 4.20. The average molecular weight is 379 g/mol. The zero-order valence-electron chi connectivity index (χ0n) is 16.1. The van der Waals surface area contributed by atoms with Crippen LogP contribution in [-0.2, 0) is 0 Å². The number of amides is 1. The number of carbonyl (C=O) groups is 1. The molecular formula is C22H25N3O3. The molecule has 1 amide bonds. The van der Waals surface area contributed by atoms with Crippen LogP contribution in [0.5, 0.6) is 0 Å². The van der Waals surface area contributed by atoms with Gasteiger partial charge in [0.25, 0.3) is 5.91 Å². The quantitative estimate of drug-likeness (QED) is 0.695. The number of carbonyl (C=O) groups excluding carboxylic acids is 1. The van der Waals surface area contributed by atoms with E-state index in [0.717, 1.165) is 24.4 Å². The molecule has 0 spiro atoms. The van der Waals surface area contributed by atoms with Crippen molar-refractivity contribution in [2.75, 3.05) is 19.6 Å². The van der Waals surface area contributed by atoms with Crippen LogP contribution in [0, 0.1) is 6.92 Å². The summed E-state index contributed by atoms with van der Waals surface area (Å²) in [5.74, 6) is 1.63. The third-order valence-electron chi connectivity index (χ3n) is 5.19. The van der Waals surface area contributed by atoms with Gasteiger partial charge in [-0.2, -0.15) is 0 Å². The Morgan fingerprint density at radius 1 is 1.14 bits per heavy atom. The molecule has 1 fully saturated rings. The van der Waals surface area contributed by atoms with Crippen LogP contribution in [0.15, 0.2) is 57.6 Å². The summed E-state index contributed by atoms with van der Waals surface area (Å²) in [5, 5.41) is 3.03. The summed E-state index contributed by atoms with van der Waals surface area (Å²) in [6.45, 7) is 4.27.